The number of allylic oxidation sites excluding steroid dienone is 3. The van der Waals surface area contributed by atoms with Crippen LogP contribution in [0.25, 0.3) is 5.57 Å². The Morgan fingerprint density at radius 3 is 1.76 bits per heavy atom. The van der Waals surface area contributed by atoms with Crippen molar-refractivity contribution in [1.29, 1.82) is 0 Å². The standard InChI is InChI=1S/C30H23BrN2O4/c1-16-3-7-18(8-4-16)25(19-9-5-17(2)6-10-19)26-21-12-13-22(26)28-27(21)29(34)32(30(28)35)23-14-11-20(31)15-24(23)33(36)37/h3-15,21-22,27-28H,1-2H3/t21-,22-,27-,28-/m1/s1. The molecule has 2 fully saturated rings. The Balaban J connectivity index is 1.49. The molecule has 2 bridgehead atoms. The fourth-order valence-electron chi connectivity index (χ4n) is 6.11. The maximum Gasteiger partial charge on any atom is 0.294 e. The Labute approximate surface area is 222 Å². The van der Waals surface area contributed by atoms with Crippen molar-refractivity contribution in [3.05, 3.63) is 121 Å². The minimum Gasteiger partial charge on any atom is -0.274 e. The molecule has 6 nitrogen and oxygen atoms in total. The van der Waals surface area contributed by atoms with E-state index in [2.05, 4.69) is 64.5 Å². The van der Waals surface area contributed by atoms with Crippen molar-refractivity contribution in [1.82, 2.24) is 0 Å². The molecule has 1 saturated heterocycles. The largest absolute Gasteiger partial charge is 0.294 e. The summed E-state index contributed by atoms with van der Waals surface area (Å²) in [6, 6.07) is 21.0. The average Bonchev–Trinajstić information content (AvgIpc) is 3.51. The number of hydrogen-bond acceptors (Lipinski definition) is 4. The lowest BCUT2D eigenvalue weighted by atomic mass is 9.85. The fraction of sp³-hybridized carbons (Fsp3) is 0.200. The first-order valence-corrected chi connectivity index (χ1v) is 12.9. The Hall–Kier alpha value is -3.84. The number of carbonyl (C=O) groups is 2. The summed E-state index contributed by atoms with van der Waals surface area (Å²) >= 11 is 3.25. The Bertz CT molecular complexity index is 1460. The van der Waals surface area contributed by atoms with E-state index < -0.39 is 16.8 Å². The number of aryl methyl sites for hydroxylation is 2. The highest BCUT2D eigenvalue weighted by molar-refractivity contribution is 9.10. The molecule has 1 aliphatic heterocycles. The van der Waals surface area contributed by atoms with E-state index in [4.69, 9.17) is 0 Å². The van der Waals surface area contributed by atoms with Crippen LogP contribution in [0.15, 0.2) is 88.9 Å². The van der Waals surface area contributed by atoms with Gasteiger partial charge in [-0.05, 0) is 48.3 Å². The van der Waals surface area contributed by atoms with Gasteiger partial charge in [-0.2, -0.15) is 0 Å². The lowest BCUT2D eigenvalue weighted by molar-refractivity contribution is -0.384. The summed E-state index contributed by atoms with van der Waals surface area (Å²) in [5.41, 5.74) is 6.28. The molecule has 0 N–H and O–H groups in total. The van der Waals surface area contributed by atoms with Crippen molar-refractivity contribution in [2.75, 3.05) is 4.90 Å². The van der Waals surface area contributed by atoms with Crippen LogP contribution in [0.1, 0.15) is 22.3 Å². The van der Waals surface area contributed by atoms with Crippen LogP contribution >= 0.6 is 15.9 Å². The van der Waals surface area contributed by atoms with Crippen molar-refractivity contribution in [2.24, 2.45) is 23.7 Å². The van der Waals surface area contributed by atoms with E-state index in [0.717, 1.165) is 38.3 Å². The van der Waals surface area contributed by atoms with E-state index in [9.17, 15) is 19.7 Å². The van der Waals surface area contributed by atoms with Gasteiger partial charge in [0.1, 0.15) is 5.69 Å². The number of hydrogen-bond donors (Lipinski definition) is 0. The maximum absolute atomic E-state index is 13.8. The molecule has 0 aromatic heterocycles. The van der Waals surface area contributed by atoms with E-state index in [0.29, 0.717) is 4.47 Å². The number of rotatable bonds is 4. The molecule has 3 aliphatic rings. The maximum atomic E-state index is 13.8. The molecule has 3 aromatic carbocycles. The Kier molecular flexibility index (Phi) is 5.49. The van der Waals surface area contributed by atoms with E-state index in [1.54, 1.807) is 6.07 Å². The number of nitrogens with zero attached hydrogens (tertiary/aromatic N) is 2. The number of nitro benzene ring substituents is 1. The molecule has 1 saturated carbocycles. The molecule has 3 aromatic rings. The average molecular weight is 555 g/mol. The zero-order valence-corrected chi connectivity index (χ0v) is 21.8. The molecule has 7 heteroatoms. The lowest BCUT2D eigenvalue weighted by Crippen LogP contribution is -2.33. The van der Waals surface area contributed by atoms with Crippen molar-refractivity contribution in [3.63, 3.8) is 0 Å². The van der Waals surface area contributed by atoms with Gasteiger partial charge in [-0.25, -0.2) is 4.90 Å². The normalized spacial score (nSPS) is 23.6. The lowest BCUT2D eigenvalue weighted by Gasteiger charge is -2.21. The second kappa shape index (κ2) is 8.63. The number of anilines is 1. The highest BCUT2D eigenvalue weighted by Gasteiger charge is 2.63. The smallest absolute Gasteiger partial charge is 0.274 e. The molecule has 184 valence electrons. The molecule has 0 unspecified atom stereocenters. The Morgan fingerprint density at radius 1 is 0.811 bits per heavy atom. The quantitative estimate of drug-likeness (QED) is 0.162. The molecule has 1 heterocycles. The van der Waals surface area contributed by atoms with Crippen molar-refractivity contribution < 1.29 is 14.5 Å². The van der Waals surface area contributed by atoms with Gasteiger partial charge in [-0.15, -0.1) is 0 Å². The van der Waals surface area contributed by atoms with Gasteiger partial charge in [0.15, 0.2) is 0 Å². The van der Waals surface area contributed by atoms with Crippen LogP contribution in [-0.2, 0) is 9.59 Å². The van der Waals surface area contributed by atoms with Gasteiger partial charge in [-0.3, -0.25) is 19.7 Å². The van der Waals surface area contributed by atoms with Crippen molar-refractivity contribution in [2.45, 2.75) is 13.8 Å². The molecule has 2 aliphatic carbocycles. The predicted molar refractivity (Wildman–Crippen MR) is 145 cm³/mol. The van der Waals surface area contributed by atoms with Crippen LogP contribution in [0.4, 0.5) is 11.4 Å². The van der Waals surface area contributed by atoms with Gasteiger partial charge in [0.25, 0.3) is 5.69 Å². The molecule has 4 atom stereocenters. The topological polar surface area (TPSA) is 80.5 Å². The van der Waals surface area contributed by atoms with Crippen LogP contribution in [0.2, 0.25) is 0 Å². The first-order chi connectivity index (χ1) is 17.8. The predicted octanol–water partition coefficient (Wildman–Crippen LogP) is 6.40. The highest BCUT2D eigenvalue weighted by atomic mass is 79.9. The van der Waals surface area contributed by atoms with Crippen molar-refractivity contribution in [3.8, 4) is 0 Å². The van der Waals surface area contributed by atoms with Crippen LogP contribution in [0, 0.1) is 47.6 Å². The number of carbonyl (C=O) groups excluding carboxylic acids is 2. The third-order valence-electron chi connectivity index (χ3n) is 7.76. The van der Waals surface area contributed by atoms with Gasteiger partial charge in [0, 0.05) is 22.4 Å². The van der Waals surface area contributed by atoms with E-state index in [1.165, 1.54) is 12.1 Å². The van der Waals surface area contributed by atoms with E-state index in [1.807, 2.05) is 26.0 Å². The molecule has 37 heavy (non-hydrogen) atoms. The first kappa shape index (κ1) is 23.6. The fourth-order valence-corrected chi connectivity index (χ4v) is 6.46. The number of imide groups is 1. The van der Waals surface area contributed by atoms with Crippen LogP contribution in [0.5, 0.6) is 0 Å². The summed E-state index contributed by atoms with van der Waals surface area (Å²) in [4.78, 5) is 39.8. The zero-order chi connectivity index (χ0) is 26.0. The summed E-state index contributed by atoms with van der Waals surface area (Å²) in [5.74, 6) is -2.39. The molecular weight excluding hydrogens is 532 g/mol. The summed E-state index contributed by atoms with van der Waals surface area (Å²) in [6.07, 6.45) is 4.07. The van der Waals surface area contributed by atoms with Gasteiger partial charge < -0.3 is 0 Å². The van der Waals surface area contributed by atoms with E-state index in [-0.39, 0.29) is 35.0 Å². The summed E-state index contributed by atoms with van der Waals surface area (Å²) in [5, 5.41) is 11.8. The van der Waals surface area contributed by atoms with E-state index >= 15 is 0 Å². The van der Waals surface area contributed by atoms with Gasteiger partial charge in [0.2, 0.25) is 11.8 Å². The van der Waals surface area contributed by atoms with Crippen LogP contribution < -0.4 is 4.90 Å². The monoisotopic (exact) mass is 554 g/mol. The summed E-state index contributed by atoms with van der Waals surface area (Å²) in [7, 11) is 0. The van der Waals surface area contributed by atoms with Crippen molar-refractivity contribution >= 4 is 44.7 Å². The second-order valence-electron chi connectivity index (χ2n) is 9.95. The molecule has 0 spiro atoms. The highest BCUT2D eigenvalue weighted by Crippen LogP contribution is 2.59. The molecule has 2 amide bonds. The third kappa shape index (κ3) is 3.60. The van der Waals surface area contributed by atoms with Crippen LogP contribution in [-0.4, -0.2) is 16.7 Å². The zero-order valence-electron chi connectivity index (χ0n) is 20.2. The minimum absolute atomic E-state index is 0.0276. The molecular formula is C30H23BrN2O4. The molecule has 0 radical (unpaired) electrons. The Morgan fingerprint density at radius 2 is 1.30 bits per heavy atom. The van der Waals surface area contributed by atoms with Gasteiger partial charge in [-0.1, -0.05) is 87.7 Å². The van der Waals surface area contributed by atoms with Crippen LogP contribution in [0.3, 0.4) is 0 Å². The van der Waals surface area contributed by atoms with Gasteiger partial charge in [0.05, 0.1) is 16.8 Å². The second-order valence-corrected chi connectivity index (χ2v) is 10.9. The third-order valence-corrected chi connectivity index (χ3v) is 8.25. The minimum atomic E-state index is -0.577. The SMILES string of the molecule is Cc1ccc(C(=C2[C@H]3C=C[C@H]2[C@H]2C(=O)N(c4ccc(Br)cc4[N+](=O)[O-])C(=O)[C@@H]23)c2ccc(C)cc2)cc1. The number of amides is 2. The van der Waals surface area contributed by atoms with Gasteiger partial charge >= 0.3 is 0 Å². The number of benzene rings is 3. The molecule has 6 rings (SSSR count). The number of halogens is 1. The summed E-state index contributed by atoms with van der Waals surface area (Å²) < 4.78 is 0.509. The summed E-state index contributed by atoms with van der Waals surface area (Å²) in [6.45, 7) is 4.09. The number of nitro groups is 1. The number of fused-ring (bicyclic) bond motifs is 5. The first-order valence-electron chi connectivity index (χ1n) is 12.1.